The molecule has 0 saturated heterocycles. The number of amides is 1. The number of halogens is 17. The van der Waals surface area contributed by atoms with Crippen LogP contribution < -0.4 is 0 Å². The molecule has 0 aromatic rings. The third kappa shape index (κ3) is 4.91. The van der Waals surface area contributed by atoms with Crippen molar-refractivity contribution < 1.29 is 88.9 Å². The highest BCUT2D eigenvalue weighted by Gasteiger charge is 2.85. The van der Waals surface area contributed by atoms with Gasteiger partial charge in [0.25, 0.3) is 5.91 Å². The molecule has 2 atom stereocenters. The van der Waals surface area contributed by atoms with Crippen LogP contribution in [0.5, 0.6) is 0 Å². The highest BCUT2D eigenvalue weighted by atomic mass is 19.4. The van der Waals surface area contributed by atoms with Gasteiger partial charge in [0.15, 0.2) is 0 Å². The first-order chi connectivity index (χ1) is 13.5. The van der Waals surface area contributed by atoms with Gasteiger partial charge in [-0.05, 0) is 0 Å². The van der Waals surface area contributed by atoms with Crippen molar-refractivity contribution in [3.63, 3.8) is 0 Å². The van der Waals surface area contributed by atoms with E-state index in [0.29, 0.717) is 0 Å². The summed E-state index contributed by atoms with van der Waals surface area (Å²) < 4.78 is 221. The van der Waals surface area contributed by atoms with Crippen molar-refractivity contribution in [2.24, 2.45) is 0 Å². The fourth-order valence-corrected chi connectivity index (χ4v) is 1.44. The number of likely N-dealkylation sites (N-methyl/N-ethyl adjacent to an activating group) is 1. The van der Waals surface area contributed by atoms with Crippen LogP contribution in [-0.4, -0.2) is 73.3 Å². The maximum absolute atomic E-state index is 13.9. The number of carbonyl (C=O) groups is 1. The van der Waals surface area contributed by atoms with Crippen LogP contribution in [0.15, 0.2) is 0 Å². The molecule has 0 aliphatic carbocycles. The molecule has 0 fully saturated rings. The van der Waals surface area contributed by atoms with Crippen LogP contribution in [0.4, 0.5) is 74.6 Å². The lowest BCUT2D eigenvalue weighted by atomic mass is 10.2. The Morgan fingerprint density at radius 2 is 0.938 bits per heavy atom. The maximum Gasteiger partial charge on any atom is 0.462 e. The first-order valence-corrected chi connectivity index (χ1v) is 6.85. The number of rotatable bonds is 7. The average Bonchev–Trinajstić information content (AvgIpc) is 2.49. The van der Waals surface area contributed by atoms with Gasteiger partial charge in [-0.1, -0.05) is 0 Å². The summed E-state index contributed by atoms with van der Waals surface area (Å²) in [4.78, 5) is 10.5. The van der Waals surface area contributed by atoms with E-state index in [9.17, 15) is 79.4 Å². The number of nitrogens with zero attached hydrogens (tertiary/aromatic N) is 1. The van der Waals surface area contributed by atoms with Crippen LogP contribution in [0.25, 0.3) is 0 Å². The number of hydrogen-bond donors (Lipinski definition) is 0. The lowest BCUT2D eigenvalue weighted by molar-refractivity contribution is -0.548. The molecule has 21 heteroatoms. The predicted octanol–water partition coefficient (Wildman–Crippen LogP) is 4.95. The molecule has 0 aromatic heterocycles. The van der Waals surface area contributed by atoms with Crippen LogP contribution in [0.3, 0.4) is 0 Å². The highest BCUT2D eigenvalue weighted by molar-refractivity contribution is 5.84. The Kier molecular flexibility index (Phi) is 7.46. The second kappa shape index (κ2) is 7.90. The predicted molar refractivity (Wildman–Crippen MR) is 61.5 cm³/mol. The van der Waals surface area contributed by atoms with Crippen molar-refractivity contribution in [1.82, 2.24) is 4.90 Å². The zero-order valence-corrected chi connectivity index (χ0v) is 14.6. The molecule has 32 heavy (non-hydrogen) atoms. The number of carbonyl (C=O) groups excluding carboxylic acids is 1. The van der Waals surface area contributed by atoms with Gasteiger partial charge in [-0.15, -0.1) is 0 Å². The van der Waals surface area contributed by atoms with E-state index in [1.165, 1.54) is 4.74 Å². The van der Waals surface area contributed by atoms with Gasteiger partial charge in [0.05, 0.1) is 0 Å². The summed E-state index contributed by atoms with van der Waals surface area (Å²) >= 11 is 0. The van der Waals surface area contributed by atoms with E-state index in [1.54, 1.807) is 0 Å². The molecule has 0 spiro atoms. The normalized spacial score (nSPS) is 18.7. The quantitative estimate of drug-likeness (QED) is 0.444. The molecule has 192 valence electrons. The van der Waals surface area contributed by atoms with Gasteiger partial charge in [0, 0.05) is 14.1 Å². The minimum atomic E-state index is -8.01. The molecule has 0 aliphatic heterocycles. The van der Waals surface area contributed by atoms with Crippen LogP contribution in [0.2, 0.25) is 0 Å². The van der Waals surface area contributed by atoms with E-state index < -0.39 is 59.2 Å². The van der Waals surface area contributed by atoms with Crippen molar-refractivity contribution in [3.05, 3.63) is 0 Å². The Morgan fingerprint density at radius 1 is 0.562 bits per heavy atom. The zero-order valence-electron chi connectivity index (χ0n) is 14.6. The molecule has 0 aromatic carbocycles. The van der Waals surface area contributed by atoms with E-state index >= 15 is 0 Å². The molecule has 0 N–H and O–H groups in total. The van der Waals surface area contributed by atoms with Crippen LogP contribution in [-0.2, 0) is 14.3 Å². The van der Waals surface area contributed by atoms with E-state index in [2.05, 4.69) is 0 Å². The molecule has 0 radical (unpaired) electrons. The lowest BCUT2D eigenvalue weighted by Gasteiger charge is -2.40. The molecular weight excluding hydrogens is 517 g/mol. The van der Waals surface area contributed by atoms with Crippen molar-refractivity contribution in [3.8, 4) is 0 Å². The Labute approximate surface area is 163 Å². The van der Waals surface area contributed by atoms with Crippen LogP contribution in [0, 0.1) is 0 Å². The fourth-order valence-electron chi connectivity index (χ4n) is 1.44. The SMILES string of the molecule is CN(C)C(=O)C(F)(OC(F)(F)C(F)(OC(F)(F)C(F)(F)C(F)(F)F)C(F)(F)F)C(F)(F)F. The molecule has 1 amide bonds. The Bertz CT molecular complexity index is 695. The van der Waals surface area contributed by atoms with Crippen molar-refractivity contribution in [2.75, 3.05) is 14.1 Å². The fraction of sp³-hybridized carbons (Fsp3) is 0.909. The molecule has 0 heterocycles. The summed E-state index contributed by atoms with van der Waals surface area (Å²) in [5, 5.41) is 0. The molecular formula is C11H6F17NO3. The van der Waals surface area contributed by atoms with E-state index in [0.717, 1.165) is 0 Å². The van der Waals surface area contributed by atoms with Crippen molar-refractivity contribution in [1.29, 1.82) is 0 Å². The first kappa shape index (κ1) is 30.2. The first-order valence-electron chi connectivity index (χ1n) is 6.85. The van der Waals surface area contributed by atoms with Gasteiger partial charge in [-0.3, -0.25) is 14.3 Å². The van der Waals surface area contributed by atoms with Crippen LogP contribution >= 0.6 is 0 Å². The summed E-state index contributed by atoms with van der Waals surface area (Å²) in [7, 11) is 0.287. The van der Waals surface area contributed by atoms with Gasteiger partial charge in [0.1, 0.15) is 0 Å². The smallest absolute Gasteiger partial charge is 0.344 e. The summed E-state index contributed by atoms with van der Waals surface area (Å²) in [6, 6.07) is 0. The third-order valence-electron chi connectivity index (χ3n) is 3.04. The topological polar surface area (TPSA) is 38.8 Å². The number of ether oxygens (including phenoxy) is 2. The van der Waals surface area contributed by atoms with Gasteiger partial charge in [-0.2, -0.15) is 74.6 Å². The van der Waals surface area contributed by atoms with E-state index in [1.807, 2.05) is 4.74 Å². The van der Waals surface area contributed by atoms with E-state index in [4.69, 9.17) is 0 Å². The summed E-state index contributed by atoms with van der Waals surface area (Å²) in [6.45, 7) is 0. The monoisotopic (exact) mass is 523 g/mol. The Morgan fingerprint density at radius 3 is 1.19 bits per heavy atom. The van der Waals surface area contributed by atoms with Gasteiger partial charge < -0.3 is 4.90 Å². The van der Waals surface area contributed by atoms with E-state index in [-0.39, 0.29) is 14.1 Å². The van der Waals surface area contributed by atoms with Gasteiger partial charge in [0.2, 0.25) is 0 Å². The zero-order chi connectivity index (χ0) is 26.6. The maximum atomic E-state index is 13.9. The highest BCUT2D eigenvalue weighted by Crippen LogP contribution is 2.56. The van der Waals surface area contributed by atoms with Gasteiger partial charge in [-0.25, -0.2) is 0 Å². The summed E-state index contributed by atoms with van der Waals surface area (Å²) in [6.07, 6.45) is -38.3. The van der Waals surface area contributed by atoms with Crippen molar-refractivity contribution in [2.45, 2.75) is 48.4 Å². The molecule has 0 saturated carbocycles. The molecule has 2 unspecified atom stereocenters. The lowest BCUT2D eigenvalue weighted by Crippen LogP contribution is -2.68. The number of hydrogen-bond acceptors (Lipinski definition) is 3. The van der Waals surface area contributed by atoms with Gasteiger partial charge >= 0.3 is 48.4 Å². The van der Waals surface area contributed by atoms with Crippen LogP contribution in [0.1, 0.15) is 0 Å². The minimum absolute atomic E-state index is 0.144. The van der Waals surface area contributed by atoms with Crippen molar-refractivity contribution >= 4 is 5.91 Å². The molecule has 4 nitrogen and oxygen atoms in total. The standard InChI is InChI=1S/C11H6F17NO3/c1-29(2)3(30)4(12,7(16,17)18)31-11(27,28)6(15,9(22,23)24)32-10(25,26)5(13,14)8(19,20)21/h1-2H3. The second-order valence-corrected chi connectivity index (χ2v) is 5.70. The Balaban J connectivity index is 6.77. The molecule has 0 bridgehead atoms. The summed E-state index contributed by atoms with van der Waals surface area (Å²) in [5.74, 6) is -25.9. The largest absolute Gasteiger partial charge is 0.462 e. The average molecular weight is 523 g/mol. The number of alkyl halides is 17. The summed E-state index contributed by atoms with van der Waals surface area (Å²) in [5.41, 5.74) is 0. The Hall–Kier alpha value is -1.80. The molecule has 0 rings (SSSR count). The molecule has 0 aliphatic rings. The third-order valence-corrected chi connectivity index (χ3v) is 3.04. The minimum Gasteiger partial charge on any atom is -0.344 e. The second-order valence-electron chi connectivity index (χ2n) is 5.70.